The van der Waals surface area contributed by atoms with Gasteiger partial charge in [0.15, 0.2) is 0 Å². The second-order valence-electron chi connectivity index (χ2n) is 5.84. The molecule has 0 saturated carbocycles. The van der Waals surface area contributed by atoms with Crippen molar-refractivity contribution in [2.24, 2.45) is 0 Å². The Morgan fingerprint density at radius 2 is 2.00 bits per heavy atom. The summed E-state index contributed by atoms with van der Waals surface area (Å²) < 4.78 is 5.19. The summed E-state index contributed by atoms with van der Waals surface area (Å²) in [6, 6.07) is 1.45. The van der Waals surface area contributed by atoms with Gasteiger partial charge in [-0.15, -0.1) is 11.3 Å². The number of carboxylic acids is 1. The van der Waals surface area contributed by atoms with Gasteiger partial charge in [0.05, 0.1) is 23.5 Å². The van der Waals surface area contributed by atoms with Gasteiger partial charge in [-0.1, -0.05) is 0 Å². The molecule has 0 bridgehead atoms. The van der Waals surface area contributed by atoms with Crippen LogP contribution in [-0.2, 0) is 10.3 Å². The molecular formula is C13H17NO5S. The smallest absolute Gasteiger partial charge is 0.410 e. The average Bonchev–Trinajstić information content (AvgIpc) is 2.71. The van der Waals surface area contributed by atoms with Crippen LogP contribution in [0.2, 0.25) is 0 Å². The van der Waals surface area contributed by atoms with Crippen molar-refractivity contribution in [3.05, 3.63) is 21.9 Å². The van der Waals surface area contributed by atoms with Gasteiger partial charge in [-0.2, -0.15) is 0 Å². The van der Waals surface area contributed by atoms with Crippen LogP contribution in [0.4, 0.5) is 4.79 Å². The monoisotopic (exact) mass is 299 g/mol. The summed E-state index contributed by atoms with van der Waals surface area (Å²) in [7, 11) is 0. The number of thiophene rings is 1. The molecule has 0 spiro atoms. The Morgan fingerprint density at radius 3 is 2.50 bits per heavy atom. The molecule has 0 aromatic carbocycles. The van der Waals surface area contributed by atoms with Crippen LogP contribution in [0.1, 0.15) is 36.0 Å². The molecule has 1 aliphatic heterocycles. The summed E-state index contributed by atoms with van der Waals surface area (Å²) >= 11 is 1.18. The highest BCUT2D eigenvalue weighted by atomic mass is 32.1. The van der Waals surface area contributed by atoms with Crippen LogP contribution in [0.15, 0.2) is 11.4 Å². The molecule has 20 heavy (non-hydrogen) atoms. The number of rotatable bonds is 2. The van der Waals surface area contributed by atoms with E-state index in [4.69, 9.17) is 9.84 Å². The highest BCUT2D eigenvalue weighted by Crippen LogP contribution is 2.37. The first-order valence-corrected chi connectivity index (χ1v) is 7.02. The summed E-state index contributed by atoms with van der Waals surface area (Å²) in [6.45, 7) is 5.38. The molecule has 1 aromatic heterocycles. The first-order chi connectivity index (χ1) is 9.12. The van der Waals surface area contributed by atoms with E-state index in [0.29, 0.717) is 4.88 Å². The Hall–Kier alpha value is -1.60. The molecule has 1 aliphatic rings. The zero-order valence-corrected chi connectivity index (χ0v) is 12.4. The van der Waals surface area contributed by atoms with Gasteiger partial charge in [0, 0.05) is 0 Å². The number of aromatic carboxylic acids is 1. The number of carbonyl (C=O) groups excluding carboxylic acids is 1. The predicted octanol–water partition coefficient (Wildman–Crippen LogP) is 1.88. The normalized spacial score (nSPS) is 17.5. The van der Waals surface area contributed by atoms with E-state index in [-0.39, 0.29) is 18.7 Å². The van der Waals surface area contributed by atoms with Crippen LogP contribution in [0.5, 0.6) is 0 Å². The fraction of sp³-hybridized carbons (Fsp3) is 0.538. The fourth-order valence-electron chi connectivity index (χ4n) is 2.02. The third kappa shape index (κ3) is 2.78. The van der Waals surface area contributed by atoms with Gasteiger partial charge in [-0.05, 0) is 32.2 Å². The van der Waals surface area contributed by atoms with Gasteiger partial charge in [-0.25, -0.2) is 9.59 Å². The summed E-state index contributed by atoms with van der Waals surface area (Å²) in [4.78, 5) is 24.6. The summed E-state index contributed by atoms with van der Waals surface area (Å²) in [5.41, 5.74) is -1.81. The van der Waals surface area contributed by atoms with E-state index in [1.54, 1.807) is 26.2 Å². The van der Waals surface area contributed by atoms with Crippen LogP contribution in [0.25, 0.3) is 0 Å². The number of β-amino-alcohol motifs (C(OH)–C–C–N with tert-alkyl or cyclic N) is 1. The summed E-state index contributed by atoms with van der Waals surface area (Å²) in [5, 5.41) is 21.1. The van der Waals surface area contributed by atoms with Crippen molar-refractivity contribution in [1.82, 2.24) is 4.90 Å². The van der Waals surface area contributed by atoms with Crippen LogP contribution in [0, 0.1) is 0 Å². The number of nitrogens with zero attached hydrogens (tertiary/aromatic N) is 1. The molecule has 6 nitrogen and oxygen atoms in total. The molecule has 1 fully saturated rings. The van der Waals surface area contributed by atoms with Gasteiger partial charge in [0.1, 0.15) is 11.2 Å². The van der Waals surface area contributed by atoms with Crippen molar-refractivity contribution >= 4 is 23.4 Å². The number of hydrogen-bond donors (Lipinski definition) is 2. The van der Waals surface area contributed by atoms with Crippen molar-refractivity contribution in [1.29, 1.82) is 0 Å². The maximum absolute atomic E-state index is 11.8. The minimum atomic E-state index is -1.29. The average molecular weight is 299 g/mol. The predicted molar refractivity (Wildman–Crippen MR) is 73.0 cm³/mol. The Balaban J connectivity index is 2.06. The Morgan fingerprint density at radius 1 is 1.40 bits per heavy atom. The SMILES string of the molecule is CC(C)(C)OC(=O)N1CC(O)(c2sccc2C(=O)O)C1. The van der Waals surface area contributed by atoms with E-state index in [0.717, 1.165) is 0 Å². The van der Waals surface area contributed by atoms with Crippen molar-refractivity contribution in [2.45, 2.75) is 32.0 Å². The lowest BCUT2D eigenvalue weighted by atomic mass is 9.90. The maximum atomic E-state index is 11.8. The van der Waals surface area contributed by atoms with Crippen molar-refractivity contribution < 1.29 is 24.5 Å². The fourth-order valence-corrected chi connectivity index (χ4v) is 2.99. The molecule has 2 N–H and O–H groups in total. The minimum Gasteiger partial charge on any atom is -0.478 e. The lowest BCUT2D eigenvalue weighted by Gasteiger charge is -2.46. The molecule has 2 rings (SSSR count). The maximum Gasteiger partial charge on any atom is 0.410 e. The van der Waals surface area contributed by atoms with Gasteiger partial charge < -0.3 is 19.8 Å². The third-order valence-electron chi connectivity index (χ3n) is 2.87. The first kappa shape index (κ1) is 14.8. The largest absolute Gasteiger partial charge is 0.478 e. The first-order valence-electron chi connectivity index (χ1n) is 6.14. The number of aliphatic hydroxyl groups is 1. The molecule has 1 amide bonds. The summed E-state index contributed by atoms with van der Waals surface area (Å²) in [6.07, 6.45) is -0.504. The molecule has 0 radical (unpaired) electrons. The number of amides is 1. The summed E-state index contributed by atoms with van der Waals surface area (Å²) in [5.74, 6) is -1.08. The van der Waals surface area contributed by atoms with Crippen LogP contribution in [0.3, 0.4) is 0 Å². The topological polar surface area (TPSA) is 87.1 Å². The Labute approximate surface area is 120 Å². The standard InChI is InChI=1S/C13H17NO5S/c1-12(2,3)19-11(17)14-6-13(18,7-14)9-8(10(15)16)4-5-20-9/h4-5,18H,6-7H2,1-3H3,(H,15,16). The van der Waals surface area contributed by atoms with Gasteiger partial charge >= 0.3 is 12.1 Å². The second kappa shape index (κ2) is 4.75. The lowest BCUT2D eigenvalue weighted by Crippen LogP contribution is -2.62. The Bertz CT molecular complexity index is 539. The molecular weight excluding hydrogens is 282 g/mol. The third-order valence-corrected chi connectivity index (χ3v) is 3.98. The zero-order valence-electron chi connectivity index (χ0n) is 11.5. The number of carboxylic acid groups (broad SMARTS) is 1. The van der Waals surface area contributed by atoms with E-state index >= 15 is 0 Å². The minimum absolute atomic E-state index is 0.0444. The van der Waals surface area contributed by atoms with E-state index in [2.05, 4.69) is 0 Å². The number of hydrogen-bond acceptors (Lipinski definition) is 5. The van der Waals surface area contributed by atoms with Crippen LogP contribution in [-0.4, -0.2) is 45.9 Å². The number of ether oxygens (including phenoxy) is 1. The van der Waals surface area contributed by atoms with Crippen molar-refractivity contribution in [3.8, 4) is 0 Å². The molecule has 1 aromatic rings. The van der Waals surface area contributed by atoms with Gasteiger partial charge in [0.2, 0.25) is 0 Å². The highest BCUT2D eigenvalue weighted by Gasteiger charge is 2.48. The van der Waals surface area contributed by atoms with Crippen LogP contribution < -0.4 is 0 Å². The van der Waals surface area contributed by atoms with E-state index in [1.807, 2.05) is 0 Å². The molecule has 0 aliphatic carbocycles. The van der Waals surface area contributed by atoms with E-state index in [9.17, 15) is 14.7 Å². The number of likely N-dealkylation sites (tertiary alicyclic amines) is 1. The zero-order chi connectivity index (χ0) is 15.1. The van der Waals surface area contributed by atoms with E-state index < -0.39 is 23.3 Å². The molecule has 1 saturated heterocycles. The molecule has 110 valence electrons. The lowest BCUT2D eigenvalue weighted by molar-refractivity contribution is -0.101. The quantitative estimate of drug-likeness (QED) is 0.870. The van der Waals surface area contributed by atoms with E-state index in [1.165, 1.54) is 22.3 Å². The molecule has 2 heterocycles. The highest BCUT2D eigenvalue weighted by molar-refractivity contribution is 7.10. The number of carbonyl (C=O) groups is 2. The molecule has 0 unspecified atom stereocenters. The molecule has 0 atom stereocenters. The van der Waals surface area contributed by atoms with Gasteiger partial charge in [0.25, 0.3) is 0 Å². The van der Waals surface area contributed by atoms with Gasteiger partial charge in [-0.3, -0.25) is 0 Å². The second-order valence-corrected chi connectivity index (χ2v) is 6.75. The van der Waals surface area contributed by atoms with Crippen molar-refractivity contribution in [2.75, 3.05) is 13.1 Å². The van der Waals surface area contributed by atoms with Crippen LogP contribution >= 0.6 is 11.3 Å². The molecule has 7 heteroatoms. The Kier molecular flexibility index (Phi) is 3.51. The van der Waals surface area contributed by atoms with Crippen molar-refractivity contribution in [3.63, 3.8) is 0 Å².